The summed E-state index contributed by atoms with van der Waals surface area (Å²) in [5, 5.41) is 2.98. The number of rotatable bonds is 6. The fourth-order valence-electron chi connectivity index (χ4n) is 3.35. The molecule has 2 amide bonds. The van der Waals surface area contributed by atoms with E-state index in [-0.39, 0.29) is 17.6 Å². The van der Waals surface area contributed by atoms with Gasteiger partial charge >= 0.3 is 0 Å². The lowest BCUT2D eigenvalue weighted by atomic mass is 10.1. The summed E-state index contributed by atoms with van der Waals surface area (Å²) >= 11 is 0. The molecular weight excluding hydrogens is 369 g/mol. The minimum absolute atomic E-state index is 0.0447. The molecule has 0 saturated carbocycles. The third-order valence-electron chi connectivity index (χ3n) is 4.99. The lowest BCUT2D eigenvalue weighted by Crippen LogP contribution is -2.50. The topological polar surface area (TPSA) is 52.7 Å². The van der Waals surface area contributed by atoms with Crippen molar-refractivity contribution in [3.05, 3.63) is 71.6 Å². The number of hydrogen-bond acceptors (Lipinski definition) is 3. The predicted octanol–water partition coefficient (Wildman–Crippen LogP) is 3.18. The molecule has 0 spiro atoms. The Morgan fingerprint density at radius 1 is 1.07 bits per heavy atom. The van der Waals surface area contributed by atoms with Gasteiger partial charge in [-0.15, -0.1) is 0 Å². The predicted molar refractivity (Wildman–Crippen MR) is 113 cm³/mol. The molecule has 0 unspecified atom stereocenters. The van der Waals surface area contributed by atoms with Gasteiger partial charge in [-0.2, -0.15) is 0 Å². The Bertz CT molecular complexity index is 889. The number of piperazine rings is 1. The summed E-state index contributed by atoms with van der Waals surface area (Å²) < 4.78 is 13.2. The summed E-state index contributed by atoms with van der Waals surface area (Å²) in [6.07, 6.45) is 3.95. The molecule has 0 aliphatic carbocycles. The Hall–Kier alpha value is -2.99. The highest BCUT2D eigenvalue weighted by atomic mass is 19.1. The minimum atomic E-state index is -0.326. The molecule has 1 aliphatic heterocycles. The first-order valence-corrected chi connectivity index (χ1v) is 9.88. The number of aryl methyl sites for hydroxylation is 1. The van der Waals surface area contributed by atoms with E-state index >= 15 is 0 Å². The quantitative estimate of drug-likeness (QED) is 0.765. The average molecular weight is 395 g/mol. The molecule has 1 saturated heterocycles. The maximum Gasteiger partial charge on any atom is 0.246 e. The van der Waals surface area contributed by atoms with Crippen LogP contribution in [0.5, 0.6) is 0 Å². The van der Waals surface area contributed by atoms with E-state index in [2.05, 4.69) is 12.2 Å². The zero-order chi connectivity index (χ0) is 20.6. The summed E-state index contributed by atoms with van der Waals surface area (Å²) in [7, 11) is 0. The number of nitrogens with zero attached hydrogens (tertiary/aromatic N) is 2. The smallest absolute Gasteiger partial charge is 0.246 e. The number of amides is 2. The highest BCUT2D eigenvalue weighted by Gasteiger charge is 2.21. The molecule has 152 valence electrons. The third-order valence-corrected chi connectivity index (χ3v) is 4.99. The van der Waals surface area contributed by atoms with Crippen LogP contribution in [-0.2, 0) is 16.0 Å². The van der Waals surface area contributed by atoms with E-state index in [1.165, 1.54) is 18.2 Å². The Morgan fingerprint density at radius 2 is 1.83 bits per heavy atom. The van der Waals surface area contributed by atoms with E-state index in [0.717, 1.165) is 17.7 Å². The molecule has 1 aliphatic rings. The molecule has 0 atom stereocenters. The first-order chi connectivity index (χ1) is 14.0. The Balaban J connectivity index is 1.46. The first kappa shape index (κ1) is 20.7. The van der Waals surface area contributed by atoms with Crippen molar-refractivity contribution in [2.75, 3.05) is 38.0 Å². The number of para-hydroxylation sites is 1. The molecule has 1 N–H and O–H groups in total. The lowest BCUT2D eigenvalue weighted by molar-refractivity contribution is -0.127. The largest absolute Gasteiger partial charge is 0.337 e. The van der Waals surface area contributed by atoms with E-state index in [9.17, 15) is 14.0 Å². The second-order valence-corrected chi connectivity index (χ2v) is 7.05. The van der Waals surface area contributed by atoms with Gasteiger partial charge in [0.25, 0.3) is 0 Å². The number of halogens is 1. The molecule has 0 aromatic heterocycles. The average Bonchev–Trinajstić information content (AvgIpc) is 2.73. The second-order valence-electron chi connectivity index (χ2n) is 7.05. The number of carbonyl (C=O) groups excluding carboxylic acids is 2. The number of nitrogens with one attached hydrogen (secondary N) is 1. The van der Waals surface area contributed by atoms with E-state index in [0.29, 0.717) is 38.3 Å². The van der Waals surface area contributed by atoms with Crippen molar-refractivity contribution in [1.82, 2.24) is 9.80 Å². The van der Waals surface area contributed by atoms with Gasteiger partial charge in [-0.25, -0.2) is 4.39 Å². The van der Waals surface area contributed by atoms with Crippen molar-refractivity contribution in [2.45, 2.75) is 13.3 Å². The monoisotopic (exact) mass is 395 g/mol. The van der Waals surface area contributed by atoms with Crippen LogP contribution in [0.3, 0.4) is 0 Å². The van der Waals surface area contributed by atoms with E-state index in [4.69, 9.17) is 0 Å². The van der Waals surface area contributed by atoms with Gasteiger partial charge in [0.2, 0.25) is 11.8 Å². The van der Waals surface area contributed by atoms with Crippen LogP contribution >= 0.6 is 0 Å². The molecule has 2 aromatic rings. The van der Waals surface area contributed by atoms with Crippen LogP contribution in [-0.4, -0.2) is 54.3 Å². The number of carbonyl (C=O) groups is 2. The van der Waals surface area contributed by atoms with Gasteiger partial charge < -0.3 is 10.2 Å². The number of hydrogen-bond donors (Lipinski definition) is 1. The minimum Gasteiger partial charge on any atom is -0.337 e. The van der Waals surface area contributed by atoms with Crippen LogP contribution in [0.15, 0.2) is 54.6 Å². The standard InChI is InChI=1S/C23H26FN3O2/c1-2-19-7-3-4-9-21(19)25-22(28)17-26-12-14-27(15-13-26)23(29)11-10-18-6-5-8-20(24)16-18/h3-11,16H,2,12-15,17H2,1H3,(H,25,28)/b11-10+. The maximum atomic E-state index is 13.2. The molecule has 0 radical (unpaired) electrons. The Morgan fingerprint density at radius 3 is 2.55 bits per heavy atom. The zero-order valence-electron chi connectivity index (χ0n) is 16.6. The van der Waals surface area contributed by atoms with Crippen molar-refractivity contribution in [2.24, 2.45) is 0 Å². The van der Waals surface area contributed by atoms with Crippen molar-refractivity contribution in [3.63, 3.8) is 0 Å². The molecular formula is C23H26FN3O2. The fraction of sp³-hybridized carbons (Fsp3) is 0.304. The normalized spacial score (nSPS) is 14.9. The summed E-state index contributed by atoms with van der Waals surface area (Å²) in [5.41, 5.74) is 2.62. The summed E-state index contributed by atoms with van der Waals surface area (Å²) in [6.45, 7) is 4.77. The summed E-state index contributed by atoms with van der Waals surface area (Å²) in [4.78, 5) is 28.5. The summed E-state index contributed by atoms with van der Waals surface area (Å²) in [5.74, 6) is -0.472. The molecule has 29 heavy (non-hydrogen) atoms. The van der Waals surface area contributed by atoms with Crippen LogP contribution in [0.1, 0.15) is 18.1 Å². The highest BCUT2D eigenvalue weighted by Crippen LogP contribution is 2.15. The number of benzene rings is 2. The van der Waals surface area contributed by atoms with E-state index in [1.54, 1.807) is 23.1 Å². The van der Waals surface area contributed by atoms with Gasteiger partial charge in [0, 0.05) is 37.9 Å². The van der Waals surface area contributed by atoms with Crippen molar-refractivity contribution in [1.29, 1.82) is 0 Å². The van der Waals surface area contributed by atoms with E-state index < -0.39 is 0 Å². The molecule has 1 fully saturated rings. The van der Waals surface area contributed by atoms with Gasteiger partial charge in [-0.3, -0.25) is 14.5 Å². The van der Waals surface area contributed by atoms with Crippen molar-refractivity contribution < 1.29 is 14.0 Å². The fourth-order valence-corrected chi connectivity index (χ4v) is 3.35. The van der Waals surface area contributed by atoms with E-state index in [1.807, 2.05) is 29.2 Å². The van der Waals surface area contributed by atoms with Crippen LogP contribution in [0.2, 0.25) is 0 Å². The molecule has 2 aromatic carbocycles. The van der Waals surface area contributed by atoms with Gasteiger partial charge in [0.15, 0.2) is 0 Å². The molecule has 6 heteroatoms. The van der Waals surface area contributed by atoms with Crippen LogP contribution in [0.25, 0.3) is 6.08 Å². The first-order valence-electron chi connectivity index (χ1n) is 9.88. The van der Waals surface area contributed by atoms with Crippen molar-refractivity contribution >= 4 is 23.6 Å². The summed E-state index contributed by atoms with van der Waals surface area (Å²) in [6, 6.07) is 13.9. The Kier molecular flexibility index (Phi) is 7.14. The maximum absolute atomic E-state index is 13.2. The molecule has 0 bridgehead atoms. The lowest BCUT2D eigenvalue weighted by Gasteiger charge is -2.33. The SMILES string of the molecule is CCc1ccccc1NC(=O)CN1CCN(C(=O)/C=C/c2cccc(F)c2)CC1. The molecule has 3 rings (SSSR count). The number of anilines is 1. The van der Waals surface area contributed by atoms with Gasteiger partial charge in [-0.1, -0.05) is 37.3 Å². The van der Waals surface area contributed by atoms with Gasteiger partial charge in [0.1, 0.15) is 5.82 Å². The van der Waals surface area contributed by atoms with Crippen LogP contribution in [0, 0.1) is 5.82 Å². The van der Waals surface area contributed by atoms with Crippen molar-refractivity contribution in [3.8, 4) is 0 Å². The molecule has 1 heterocycles. The zero-order valence-corrected chi connectivity index (χ0v) is 16.6. The molecule has 5 nitrogen and oxygen atoms in total. The van der Waals surface area contributed by atoms with Crippen LogP contribution in [0.4, 0.5) is 10.1 Å². The Labute approximate surface area is 170 Å². The third kappa shape index (κ3) is 5.99. The van der Waals surface area contributed by atoms with Gasteiger partial charge in [-0.05, 0) is 41.8 Å². The second kappa shape index (κ2) is 9.98. The highest BCUT2D eigenvalue weighted by molar-refractivity contribution is 5.93. The van der Waals surface area contributed by atoms with Gasteiger partial charge in [0.05, 0.1) is 6.54 Å². The van der Waals surface area contributed by atoms with Crippen LogP contribution < -0.4 is 5.32 Å².